The van der Waals surface area contributed by atoms with Crippen LogP contribution in [0.25, 0.3) is 11.4 Å². The highest BCUT2D eigenvalue weighted by atomic mass is 35.5. The fraction of sp³-hybridized carbons (Fsp3) is 0.348. The standard InChI is InChI=1S/C23H26ClN3O3/c1-5-19(29-16-12-10-15(11-13-16)23(2,3)4)22(28)25-14-20-26-21(27-30-20)17-8-6-7-9-18(17)24/h6-13,19H,5,14H2,1-4H3,(H,25,28). The average Bonchev–Trinajstić information content (AvgIpc) is 3.19. The first kappa shape index (κ1) is 21.8. The van der Waals surface area contributed by atoms with Gasteiger partial charge in [-0.05, 0) is 41.7 Å². The van der Waals surface area contributed by atoms with E-state index < -0.39 is 6.10 Å². The summed E-state index contributed by atoms with van der Waals surface area (Å²) in [6, 6.07) is 15.1. The Bertz CT molecular complexity index is 993. The molecule has 1 N–H and O–H groups in total. The van der Waals surface area contributed by atoms with Crippen molar-refractivity contribution in [1.82, 2.24) is 15.5 Å². The molecule has 2 aromatic carbocycles. The number of carbonyl (C=O) groups is 1. The molecule has 0 bridgehead atoms. The molecule has 0 aliphatic carbocycles. The monoisotopic (exact) mass is 427 g/mol. The van der Waals surface area contributed by atoms with Gasteiger partial charge < -0.3 is 14.6 Å². The molecule has 0 aliphatic rings. The van der Waals surface area contributed by atoms with E-state index >= 15 is 0 Å². The van der Waals surface area contributed by atoms with Gasteiger partial charge in [-0.15, -0.1) is 0 Å². The first-order valence-electron chi connectivity index (χ1n) is 9.90. The highest BCUT2D eigenvalue weighted by Gasteiger charge is 2.20. The van der Waals surface area contributed by atoms with Gasteiger partial charge in [0.05, 0.1) is 11.6 Å². The number of aromatic nitrogens is 2. The zero-order chi connectivity index (χ0) is 21.7. The van der Waals surface area contributed by atoms with Crippen molar-refractivity contribution in [3.63, 3.8) is 0 Å². The molecule has 1 unspecified atom stereocenters. The molecule has 1 heterocycles. The van der Waals surface area contributed by atoms with E-state index in [1.165, 1.54) is 5.56 Å². The molecule has 1 amide bonds. The van der Waals surface area contributed by atoms with Gasteiger partial charge in [-0.3, -0.25) is 4.79 Å². The Morgan fingerprint density at radius 3 is 2.50 bits per heavy atom. The minimum absolute atomic E-state index is 0.0625. The molecule has 0 saturated heterocycles. The Balaban J connectivity index is 1.59. The van der Waals surface area contributed by atoms with E-state index in [9.17, 15) is 4.79 Å². The van der Waals surface area contributed by atoms with Gasteiger partial charge in [0, 0.05) is 5.56 Å². The lowest BCUT2D eigenvalue weighted by Crippen LogP contribution is -2.37. The van der Waals surface area contributed by atoms with Crippen LogP contribution in [0, 0.1) is 0 Å². The molecule has 3 aromatic rings. The van der Waals surface area contributed by atoms with Gasteiger partial charge in [-0.2, -0.15) is 4.98 Å². The first-order valence-corrected chi connectivity index (χ1v) is 10.3. The highest BCUT2D eigenvalue weighted by molar-refractivity contribution is 6.33. The van der Waals surface area contributed by atoms with E-state index in [2.05, 4.69) is 36.2 Å². The van der Waals surface area contributed by atoms with Crippen molar-refractivity contribution in [2.45, 2.75) is 52.2 Å². The number of carbonyl (C=O) groups excluding carboxylic acids is 1. The number of hydrogen-bond donors (Lipinski definition) is 1. The Morgan fingerprint density at radius 2 is 1.87 bits per heavy atom. The van der Waals surface area contributed by atoms with Crippen molar-refractivity contribution in [1.29, 1.82) is 0 Å². The third-order valence-corrected chi connectivity index (χ3v) is 4.99. The highest BCUT2D eigenvalue weighted by Crippen LogP contribution is 2.26. The Hall–Kier alpha value is -2.86. The van der Waals surface area contributed by atoms with Crippen LogP contribution in [0.1, 0.15) is 45.6 Å². The lowest BCUT2D eigenvalue weighted by Gasteiger charge is -2.20. The van der Waals surface area contributed by atoms with Crippen molar-refractivity contribution >= 4 is 17.5 Å². The zero-order valence-corrected chi connectivity index (χ0v) is 18.4. The third-order valence-electron chi connectivity index (χ3n) is 4.66. The summed E-state index contributed by atoms with van der Waals surface area (Å²) in [5.74, 6) is 1.09. The summed E-state index contributed by atoms with van der Waals surface area (Å²) in [6.45, 7) is 8.47. The van der Waals surface area contributed by atoms with E-state index in [1.54, 1.807) is 12.1 Å². The summed E-state index contributed by atoms with van der Waals surface area (Å²) >= 11 is 6.16. The normalized spacial score (nSPS) is 12.4. The smallest absolute Gasteiger partial charge is 0.261 e. The quantitative estimate of drug-likeness (QED) is 0.563. The molecule has 1 aromatic heterocycles. The van der Waals surface area contributed by atoms with Crippen LogP contribution < -0.4 is 10.1 Å². The fourth-order valence-corrected chi connectivity index (χ4v) is 3.10. The maximum absolute atomic E-state index is 12.6. The first-order chi connectivity index (χ1) is 14.3. The molecule has 158 valence electrons. The average molecular weight is 428 g/mol. The lowest BCUT2D eigenvalue weighted by molar-refractivity contribution is -0.128. The number of hydrogen-bond acceptors (Lipinski definition) is 5. The molecule has 0 fully saturated rings. The van der Waals surface area contributed by atoms with Crippen LogP contribution >= 0.6 is 11.6 Å². The molecule has 7 heteroatoms. The predicted molar refractivity (Wildman–Crippen MR) is 116 cm³/mol. The maximum Gasteiger partial charge on any atom is 0.261 e. The van der Waals surface area contributed by atoms with Crippen LogP contribution in [0.2, 0.25) is 5.02 Å². The van der Waals surface area contributed by atoms with Gasteiger partial charge in [-0.1, -0.05) is 68.7 Å². The SMILES string of the molecule is CCC(Oc1ccc(C(C)(C)C)cc1)C(=O)NCc1nc(-c2ccccc2Cl)no1. The van der Waals surface area contributed by atoms with E-state index in [0.29, 0.717) is 34.5 Å². The molecule has 0 radical (unpaired) electrons. The predicted octanol–water partition coefficient (Wildman–Crippen LogP) is 5.16. The van der Waals surface area contributed by atoms with Gasteiger partial charge in [0.25, 0.3) is 5.91 Å². The van der Waals surface area contributed by atoms with Gasteiger partial charge in [0.2, 0.25) is 11.7 Å². The van der Waals surface area contributed by atoms with Crippen LogP contribution in [-0.4, -0.2) is 22.2 Å². The largest absolute Gasteiger partial charge is 0.481 e. The molecule has 0 aliphatic heterocycles. The van der Waals surface area contributed by atoms with Crippen molar-refractivity contribution in [3.05, 3.63) is 65.0 Å². The van der Waals surface area contributed by atoms with E-state index in [1.807, 2.05) is 43.3 Å². The number of amides is 1. The summed E-state index contributed by atoms with van der Waals surface area (Å²) in [6.07, 6.45) is -0.0851. The summed E-state index contributed by atoms with van der Waals surface area (Å²) in [4.78, 5) is 16.9. The summed E-state index contributed by atoms with van der Waals surface area (Å²) in [5.41, 5.74) is 1.94. The fourth-order valence-electron chi connectivity index (χ4n) is 2.88. The molecule has 3 rings (SSSR count). The van der Waals surface area contributed by atoms with Crippen LogP contribution in [0.3, 0.4) is 0 Å². The number of benzene rings is 2. The molecule has 0 spiro atoms. The molecule has 0 saturated carbocycles. The van der Waals surface area contributed by atoms with Gasteiger partial charge in [-0.25, -0.2) is 0 Å². The summed E-state index contributed by atoms with van der Waals surface area (Å²) in [5, 5.41) is 7.26. The molecule has 1 atom stereocenters. The second kappa shape index (κ2) is 9.30. The number of halogens is 1. The number of nitrogens with one attached hydrogen (secondary N) is 1. The Morgan fingerprint density at radius 1 is 1.17 bits per heavy atom. The minimum atomic E-state index is -0.614. The molecule has 6 nitrogen and oxygen atoms in total. The van der Waals surface area contributed by atoms with Crippen molar-refractivity contribution < 1.29 is 14.1 Å². The summed E-state index contributed by atoms with van der Waals surface area (Å²) < 4.78 is 11.1. The molecule has 30 heavy (non-hydrogen) atoms. The molecular formula is C23H26ClN3O3. The number of nitrogens with zero attached hydrogens (tertiary/aromatic N) is 2. The van der Waals surface area contributed by atoms with Crippen molar-refractivity contribution in [3.8, 4) is 17.1 Å². The minimum Gasteiger partial charge on any atom is -0.481 e. The number of ether oxygens (including phenoxy) is 1. The van der Waals surface area contributed by atoms with E-state index in [4.69, 9.17) is 20.9 Å². The van der Waals surface area contributed by atoms with Crippen LogP contribution in [0.15, 0.2) is 53.1 Å². The maximum atomic E-state index is 12.6. The number of rotatable bonds is 7. The van der Waals surface area contributed by atoms with Gasteiger partial charge in [0.15, 0.2) is 6.10 Å². The topological polar surface area (TPSA) is 77.2 Å². The van der Waals surface area contributed by atoms with E-state index in [0.717, 1.165) is 0 Å². The Kier molecular flexibility index (Phi) is 6.77. The second-order valence-corrected chi connectivity index (χ2v) is 8.41. The Labute approximate surface area is 181 Å². The second-order valence-electron chi connectivity index (χ2n) is 8.00. The van der Waals surface area contributed by atoms with E-state index in [-0.39, 0.29) is 17.9 Å². The third kappa shape index (κ3) is 5.39. The van der Waals surface area contributed by atoms with Crippen LogP contribution in [0.5, 0.6) is 5.75 Å². The van der Waals surface area contributed by atoms with Crippen LogP contribution in [-0.2, 0) is 16.8 Å². The van der Waals surface area contributed by atoms with Gasteiger partial charge >= 0.3 is 0 Å². The zero-order valence-electron chi connectivity index (χ0n) is 17.6. The summed E-state index contributed by atoms with van der Waals surface area (Å²) in [7, 11) is 0. The van der Waals surface area contributed by atoms with Crippen molar-refractivity contribution in [2.24, 2.45) is 0 Å². The lowest BCUT2D eigenvalue weighted by atomic mass is 9.87. The van der Waals surface area contributed by atoms with Crippen molar-refractivity contribution in [2.75, 3.05) is 0 Å². The molecular weight excluding hydrogens is 402 g/mol. The van der Waals surface area contributed by atoms with Gasteiger partial charge in [0.1, 0.15) is 5.75 Å². The van der Waals surface area contributed by atoms with Crippen LogP contribution in [0.4, 0.5) is 0 Å².